The minimum atomic E-state index is -1.59. The second-order valence-electron chi connectivity index (χ2n) is 10.7. The number of nitrogens with one attached hydrogen (secondary N) is 3. The van der Waals surface area contributed by atoms with Gasteiger partial charge in [0, 0.05) is 50.4 Å². The van der Waals surface area contributed by atoms with Crippen molar-refractivity contribution >= 4 is 23.2 Å². The number of phenols is 2. The number of hydrogen-bond acceptors (Lipinski definition) is 11. The molecule has 2 unspecified atom stereocenters. The molecule has 0 spiro atoms. The predicted molar refractivity (Wildman–Crippen MR) is 157 cm³/mol. The van der Waals surface area contributed by atoms with Crippen molar-refractivity contribution in [2.24, 2.45) is 0 Å². The van der Waals surface area contributed by atoms with E-state index in [4.69, 9.17) is 10.2 Å². The van der Waals surface area contributed by atoms with E-state index in [0.29, 0.717) is 37.3 Å². The van der Waals surface area contributed by atoms with Crippen LogP contribution in [0.4, 0.5) is 11.4 Å². The molecule has 2 atom stereocenters. The molecular weight excluding hydrogens is 546 g/mol. The molecule has 1 aliphatic rings. The summed E-state index contributed by atoms with van der Waals surface area (Å²) in [6.45, 7) is 7.44. The summed E-state index contributed by atoms with van der Waals surface area (Å²) in [4.78, 5) is 28.5. The lowest BCUT2D eigenvalue weighted by Gasteiger charge is -2.29. The Kier molecular flexibility index (Phi) is 12.5. The lowest BCUT2D eigenvalue weighted by atomic mass is 10.1. The van der Waals surface area contributed by atoms with E-state index in [1.54, 1.807) is 12.1 Å². The fourth-order valence-corrected chi connectivity index (χ4v) is 4.88. The third-order valence-corrected chi connectivity index (χ3v) is 7.08. The van der Waals surface area contributed by atoms with Crippen LogP contribution in [-0.2, 0) is 22.7 Å². The van der Waals surface area contributed by atoms with E-state index < -0.39 is 37.2 Å². The molecule has 9 N–H and O–H groups in total. The zero-order valence-corrected chi connectivity index (χ0v) is 24.1. The summed E-state index contributed by atoms with van der Waals surface area (Å²) < 4.78 is 0. The molecule has 0 saturated carbocycles. The first kappa shape index (κ1) is 33.2. The van der Waals surface area contributed by atoms with Gasteiger partial charge in [0.1, 0.15) is 11.5 Å². The molecule has 1 aliphatic heterocycles. The first-order valence-corrected chi connectivity index (χ1v) is 14.0. The highest BCUT2D eigenvalue weighted by Gasteiger charge is 2.21. The predicted octanol–water partition coefficient (Wildman–Crippen LogP) is -0.404. The Balaban J connectivity index is 1.68. The molecule has 2 aromatic rings. The number of rotatable bonds is 10. The Morgan fingerprint density at radius 2 is 1.17 bits per heavy atom. The smallest absolute Gasteiger partial charge is 0.255 e. The molecule has 1 heterocycles. The lowest BCUT2D eigenvalue weighted by Crippen LogP contribution is -2.40. The van der Waals surface area contributed by atoms with Crippen molar-refractivity contribution in [2.45, 2.75) is 45.6 Å². The SMILES string of the molecule is Cc1cc(CN2CCCN(Cc3cc(C)cc(NC(=O)C(O)CO)c3O)CCNCC2)c(O)c(NC(=O)C(O)CO)c1. The molecule has 1 fully saturated rings. The van der Waals surface area contributed by atoms with Crippen molar-refractivity contribution in [3.05, 3.63) is 46.5 Å². The van der Waals surface area contributed by atoms with Gasteiger partial charge in [-0.2, -0.15) is 0 Å². The molecule has 2 amide bonds. The lowest BCUT2D eigenvalue weighted by molar-refractivity contribution is -0.126. The number of carbonyl (C=O) groups excluding carboxylic acids is 2. The first-order valence-electron chi connectivity index (χ1n) is 14.0. The minimum Gasteiger partial charge on any atom is -0.505 e. The summed E-state index contributed by atoms with van der Waals surface area (Å²) >= 11 is 0. The summed E-state index contributed by atoms with van der Waals surface area (Å²) in [7, 11) is 0. The zero-order chi connectivity index (χ0) is 30.8. The number of carbonyl (C=O) groups is 2. The number of hydrogen-bond donors (Lipinski definition) is 9. The van der Waals surface area contributed by atoms with E-state index >= 15 is 0 Å². The Hall–Kier alpha value is -3.30. The number of aliphatic hydroxyl groups excluding tert-OH is 4. The van der Waals surface area contributed by atoms with Gasteiger partial charge < -0.3 is 46.6 Å². The maximum Gasteiger partial charge on any atom is 0.255 e. The number of phenolic OH excluding ortho intramolecular Hbond substituents is 2. The van der Waals surface area contributed by atoms with Crippen molar-refractivity contribution in [3.8, 4) is 11.5 Å². The van der Waals surface area contributed by atoms with Gasteiger partial charge in [-0.1, -0.05) is 12.1 Å². The van der Waals surface area contributed by atoms with E-state index in [2.05, 4.69) is 25.8 Å². The van der Waals surface area contributed by atoms with Crippen LogP contribution in [0.15, 0.2) is 24.3 Å². The Morgan fingerprint density at radius 1 is 0.762 bits per heavy atom. The fraction of sp³-hybridized carbons (Fsp3) is 0.517. The molecule has 42 heavy (non-hydrogen) atoms. The maximum atomic E-state index is 12.1. The second-order valence-corrected chi connectivity index (χ2v) is 10.7. The number of aromatic hydroxyl groups is 2. The number of nitrogens with zero attached hydrogens (tertiary/aromatic N) is 2. The van der Waals surface area contributed by atoms with Crippen LogP contribution in [0.2, 0.25) is 0 Å². The Bertz CT molecular complexity index is 1140. The Morgan fingerprint density at radius 3 is 1.55 bits per heavy atom. The van der Waals surface area contributed by atoms with Crippen LogP contribution in [0, 0.1) is 13.8 Å². The molecule has 0 aromatic heterocycles. The van der Waals surface area contributed by atoms with Crippen LogP contribution in [0.3, 0.4) is 0 Å². The van der Waals surface area contributed by atoms with E-state index in [1.807, 2.05) is 26.0 Å². The molecular formula is C29H43N5O8. The summed E-state index contributed by atoms with van der Waals surface area (Å²) in [6.07, 6.45) is -2.37. The van der Waals surface area contributed by atoms with Crippen LogP contribution in [0.25, 0.3) is 0 Å². The van der Waals surface area contributed by atoms with Gasteiger partial charge in [0.25, 0.3) is 11.8 Å². The number of aryl methyl sites for hydroxylation is 2. The van der Waals surface area contributed by atoms with Gasteiger partial charge in [-0.25, -0.2) is 0 Å². The van der Waals surface area contributed by atoms with E-state index in [-0.39, 0.29) is 22.9 Å². The number of amides is 2. The highest BCUT2D eigenvalue weighted by atomic mass is 16.3. The van der Waals surface area contributed by atoms with Crippen molar-refractivity contribution in [2.75, 3.05) is 63.1 Å². The summed E-state index contributed by atoms with van der Waals surface area (Å²) in [6, 6.07) is 6.91. The number of anilines is 2. The molecule has 1 saturated heterocycles. The molecule has 13 heteroatoms. The van der Waals surface area contributed by atoms with Crippen LogP contribution in [0.5, 0.6) is 11.5 Å². The van der Waals surface area contributed by atoms with Crippen LogP contribution in [-0.4, -0.2) is 117 Å². The maximum absolute atomic E-state index is 12.1. The monoisotopic (exact) mass is 589 g/mol. The zero-order valence-electron chi connectivity index (χ0n) is 24.1. The highest BCUT2D eigenvalue weighted by Crippen LogP contribution is 2.32. The molecule has 2 aromatic carbocycles. The van der Waals surface area contributed by atoms with Gasteiger partial charge in [-0.15, -0.1) is 0 Å². The molecule has 13 nitrogen and oxygen atoms in total. The second kappa shape index (κ2) is 15.8. The van der Waals surface area contributed by atoms with E-state index in [0.717, 1.165) is 43.7 Å². The van der Waals surface area contributed by atoms with Gasteiger partial charge in [0.15, 0.2) is 12.2 Å². The topological polar surface area (TPSA) is 198 Å². The highest BCUT2D eigenvalue weighted by molar-refractivity contribution is 5.96. The van der Waals surface area contributed by atoms with Crippen molar-refractivity contribution in [1.29, 1.82) is 0 Å². The van der Waals surface area contributed by atoms with Gasteiger partial charge in [0.05, 0.1) is 24.6 Å². The Labute approximate surface area is 245 Å². The van der Waals surface area contributed by atoms with Gasteiger partial charge in [-0.05, 0) is 56.6 Å². The minimum absolute atomic E-state index is 0.0879. The average Bonchev–Trinajstić information content (AvgIpc) is 2.96. The largest absolute Gasteiger partial charge is 0.505 e. The third kappa shape index (κ3) is 9.36. The fourth-order valence-electron chi connectivity index (χ4n) is 4.88. The summed E-state index contributed by atoms with van der Waals surface area (Å²) in [5.41, 5.74) is 3.24. The molecule has 3 rings (SSSR count). The van der Waals surface area contributed by atoms with Gasteiger partial charge in [0.2, 0.25) is 0 Å². The first-order chi connectivity index (χ1) is 20.0. The molecule has 0 aliphatic carbocycles. The van der Waals surface area contributed by atoms with Crippen molar-refractivity contribution < 1.29 is 40.2 Å². The number of aliphatic hydroxyl groups is 4. The normalized spacial score (nSPS) is 16.9. The van der Waals surface area contributed by atoms with Crippen LogP contribution in [0.1, 0.15) is 28.7 Å². The van der Waals surface area contributed by atoms with Crippen LogP contribution >= 0.6 is 0 Å². The average molecular weight is 590 g/mol. The van der Waals surface area contributed by atoms with Crippen molar-refractivity contribution in [3.63, 3.8) is 0 Å². The number of benzene rings is 2. The summed E-state index contributed by atoms with van der Waals surface area (Å²) in [5.74, 6) is -1.78. The quantitative estimate of drug-likeness (QED) is 0.163. The third-order valence-electron chi connectivity index (χ3n) is 7.08. The van der Waals surface area contributed by atoms with E-state index in [1.165, 1.54) is 0 Å². The van der Waals surface area contributed by atoms with Crippen molar-refractivity contribution in [1.82, 2.24) is 15.1 Å². The van der Waals surface area contributed by atoms with E-state index in [9.17, 15) is 30.0 Å². The summed E-state index contributed by atoms with van der Waals surface area (Å²) in [5, 5.41) is 67.4. The molecule has 0 radical (unpaired) electrons. The van der Waals surface area contributed by atoms with Gasteiger partial charge in [-0.3, -0.25) is 19.4 Å². The molecule has 232 valence electrons. The van der Waals surface area contributed by atoms with Gasteiger partial charge >= 0.3 is 0 Å². The van der Waals surface area contributed by atoms with Crippen LogP contribution < -0.4 is 16.0 Å². The molecule has 0 bridgehead atoms. The standard InChI is InChI=1S/C29H43N5O8/c1-18-10-20(26(39)22(12-18)31-28(41)24(37)16-35)14-33-6-3-7-34(9-5-30-4-8-33)15-21-11-19(2)13-23(27(21)40)32-29(42)25(38)17-36/h10-13,24-25,30,35-40H,3-9,14-17H2,1-2H3,(H,31,41)(H,32,42).